The molecule has 20 heavy (non-hydrogen) atoms. The highest BCUT2D eigenvalue weighted by molar-refractivity contribution is 7.85. The van der Waals surface area contributed by atoms with Gasteiger partial charge in [-0.25, -0.2) is 0 Å². The summed E-state index contributed by atoms with van der Waals surface area (Å²) in [5.41, 5.74) is 2.71. The van der Waals surface area contributed by atoms with E-state index in [4.69, 9.17) is 0 Å². The minimum Gasteiger partial charge on any atom is -0.310 e. The minimum absolute atomic E-state index is 0.131. The van der Waals surface area contributed by atoms with Crippen molar-refractivity contribution < 1.29 is 4.21 Å². The average Bonchev–Trinajstić information content (AvgIpc) is 2.37. The molecule has 1 aliphatic heterocycles. The van der Waals surface area contributed by atoms with Gasteiger partial charge in [0.2, 0.25) is 0 Å². The van der Waals surface area contributed by atoms with Crippen molar-refractivity contribution in [3.05, 3.63) is 29.3 Å². The Morgan fingerprint density at radius 2 is 2.05 bits per heavy atom. The Morgan fingerprint density at radius 1 is 1.35 bits per heavy atom. The summed E-state index contributed by atoms with van der Waals surface area (Å²) >= 11 is 0. The van der Waals surface area contributed by atoms with E-state index in [-0.39, 0.29) is 5.41 Å². The third-order valence-corrected chi connectivity index (χ3v) is 5.74. The molecule has 1 N–H and O–H groups in total. The van der Waals surface area contributed by atoms with E-state index in [0.717, 1.165) is 23.6 Å². The molecule has 3 atom stereocenters. The molecule has 0 saturated carbocycles. The van der Waals surface area contributed by atoms with Crippen LogP contribution < -0.4 is 5.32 Å². The molecule has 3 unspecified atom stereocenters. The Hall–Kier alpha value is -0.670. The second-order valence-electron chi connectivity index (χ2n) is 6.92. The van der Waals surface area contributed by atoms with Crippen LogP contribution in [0.5, 0.6) is 0 Å². The maximum absolute atomic E-state index is 12.4. The van der Waals surface area contributed by atoms with Gasteiger partial charge in [0.05, 0.1) is 10.8 Å². The zero-order chi connectivity index (χ0) is 14.9. The summed E-state index contributed by atoms with van der Waals surface area (Å²) in [6, 6.07) is 6.84. The predicted octanol–water partition coefficient (Wildman–Crippen LogP) is 3.78. The Kier molecular flexibility index (Phi) is 4.70. The summed E-state index contributed by atoms with van der Waals surface area (Å²) in [5.74, 6) is 1.19. The Labute approximate surface area is 125 Å². The van der Waals surface area contributed by atoms with Gasteiger partial charge >= 0.3 is 0 Å². The molecular formula is C17H27NOS. The van der Waals surface area contributed by atoms with Crippen LogP contribution >= 0.6 is 0 Å². The SMILES string of the molecule is CCCNC1c2cc(C(C)(C)C)ccc2S(=O)CC1C. The maximum atomic E-state index is 12.4. The number of hydrogen-bond donors (Lipinski definition) is 1. The van der Waals surface area contributed by atoms with Crippen molar-refractivity contribution >= 4 is 10.8 Å². The third kappa shape index (κ3) is 3.15. The van der Waals surface area contributed by atoms with Crippen molar-refractivity contribution in [2.24, 2.45) is 5.92 Å². The van der Waals surface area contributed by atoms with E-state index >= 15 is 0 Å². The average molecular weight is 293 g/mol. The molecule has 0 saturated heterocycles. The summed E-state index contributed by atoms with van der Waals surface area (Å²) in [6.45, 7) is 12.1. The van der Waals surface area contributed by atoms with Gasteiger partial charge < -0.3 is 5.32 Å². The molecule has 0 aliphatic carbocycles. The second kappa shape index (κ2) is 5.98. The van der Waals surface area contributed by atoms with Crippen LogP contribution in [0.1, 0.15) is 58.2 Å². The molecule has 1 aliphatic rings. The lowest BCUT2D eigenvalue weighted by Crippen LogP contribution is -2.35. The fraction of sp³-hybridized carbons (Fsp3) is 0.647. The highest BCUT2D eigenvalue weighted by atomic mass is 32.2. The normalized spacial score (nSPS) is 26.4. The standard InChI is InChI=1S/C17H27NOS/c1-6-9-18-16-12(2)11-20(19)15-8-7-13(10-14(15)16)17(3,4)5/h7-8,10,12,16,18H,6,9,11H2,1-5H3. The minimum atomic E-state index is -0.847. The maximum Gasteiger partial charge on any atom is 0.0536 e. The molecule has 0 fully saturated rings. The van der Waals surface area contributed by atoms with Crippen LogP contribution in [-0.2, 0) is 16.2 Å². The molecule has 1 aromatic carbocycles. The first-order valence-electron chi connectivity index (χ1n) is 7.60. The van der Waals surface area contributed by atoms with E-state index in [2.05, 4.69) is 58.1 Å². The van der Waals surface area contributed by atoms with E-state index < -0.39 is 10.8 Å². The summed E-state index contributed by atoms with van der Waals surface area (Å²) in [5, 5.41) is 3.64. The van der Waals surface area contributed by atoms with Crippen LogP contribution in [0.25, 0.3) is 0 Å². The first kappa shape index (κ1) is 15.7. The van der Waals surface area contributed by atoms with Gasteiger partial charge in [-0.3, -0.25) is 4.21 Å². The van der Waals surface area contributed by atoms with Gasteiger partial charge in [-0.15, -0.1) is 0 Å². The van der Waals surface area contributed by atoms with Gasteiger partial charge in [-0.1, -0.05) is 46.8 Å². The van der Waals surface area contributed by atoms with E-state index in [9.17, 15) is 4.21 Å². The van der Waals surface area contributed by atoms with Gasteiger partial charge in [-0.2, -0.15) is 0 Å². The fourth-order valence-corrected chi connectivity index (χ4v) is 4.33. The number of rotatable bonds is 3. The highest BCUT2D eigenvalue weighted by Gasteiger charge is 2.31. The molecule has 0 aromatic heterocycles. The third-order valence-electron chi connectivity index (χ3n) is 4.05. The smallest absolute Gasteiger partial charge is 0.0536 e. The van der Waals surface area contributed by atoms with E-state index in [1.807, 2.05) is 0 Å². The molecule has 112 valence electrons. The monoisotopic (exact) mass is 293 g/mol. The Balaban J connectivity index is 2.45. The molecule has 0 amide bonds. The van der Waals surface area contributed by atoms with E-state index in [1.54, 1.807) is 0 Å². The summed E-state index contributed by atoms with van der Waals surface area (Å²) < 4.78 is 12.4. The zero-order valence-electron chi connectivity index (χ0n) is 13.3. The van der Waals surface area contributed by atoms with Crippen molar-refractivity contribution in [1.29, 1.82) is 0 Å². The predicted molar refractivity (Wildman–Crippen MR) is 86.6 cm³/mol. The van der Waals surface area contributed by atoms with E-state index in [1.165, 1.54) is 11.1 Å². The van der Waals surface area contributed by atoms with Crippen molar-refractivity contribution in [3.63, 3.8) is 0 Å². The number of benzene rings is 1. The lowest BCUT2D eigenvalue weighted by Gasteiger charge is -2.33. The van der Waals surface area contributed by atoms with Crippen molar-refractivity contribution in [3.8, 4) is 0 Å². The molecule has 1 heterocycles. The lowest BCUT2D eigenvalue weighted by atomic mass is 9.84. The number of nitrogens with one attached hydrogen (secondary N) is 1. The molecule has 1 aromatic rings. The first-order chi connectivity index (χ1) is 9.34. The molecule has 0 bridgehead atoms. The Bertz CT molecular complexity index is 504. The van der Waals surface area contributed by atoms with Crippen LogP contribution in [0.2, 0.25) is 0 Å². The highest BCUT2D eigenvalue weighted by Crippen LogP contribution is 2.36. The van der Waals surface area contributed by atoms with Crippen LogP contribution in [0, 0.1) is 5.92 Å². The van der Waals surface area contributed by atoms with Crippen LogP contribution in [0.4, 0.5) is 0 Å². The molecule has 0 radical (unpaired) electrons. The van der Waals surface area contributed by atoms with Crippen molar-refractivity contribution in [1.82, 2.24) is 5.32 Å². The molecule has 3 heteroatoms. The number of hydrogen-bond acceptors (Lipinski definition) is 2. The summed E-state index contributed by atoms with van der Waals surface area (Å²) in [7, 11) is -0.847. The molecule has 2 rings (SSSR count). The number of fused-ring (bicyclic) bond motifs is 1. The van der Waals surface area contributed by atoms with Crippen LogP contribution in [0.15, 0.2) is 23.1 Å². The largest absolute Gasteiger partial charge is 0.310 e. The lowest BCUT2D eigenvalue weighted by molar-refractivity contribution is 0.401. The topological polar surface area (TPSA) is 29.1 Å². The summed E-state index contributed by atoms with van der Waals surface area (Å²) in [4.78, 5) is 1.03. The van der Waals surface area contributed by atoms with Gasteiger partial charge in [0.15, 0.2) is 0 Å². The van der Waals surface area contributed by atoms with Gasteiger partial charge in [0.25, 0.3) is 0 Å². The quantitative estimate of drug-likeness (QED) is 0.919. The molecule has 2 nitrogen and oxygen atoms in total. The van der Waals surface area contributed by atoms with Gasteiger partial charge in [0.1, 0.15) is 0 Å². The zero-order valence-corrected chi connectivity index (χ0v) is 14.1. The van der Waals surface area contributed by atoms with Gasteiger partial charge in [-0.05, 0) is 41.5 Å². The fourth-order valence-electron chi connectivity index (χ4n) is 2.81. The second-order valence-corrected chi connectivity index (χ2v) is 8.39. The van der Waals surface area contributed by atoms with Crippen LogP contribution in [0.3, 0.4) is 0 Å². The molecule has 0 spiro atoms. The van der Waals surface area contributed by atoms with Crippen LogP contribution in [-0.4, -0.2) is 16.5 Å². The van der Waals surface area contributed by atoms with Crippen molar-refractivity contribution in [2.45, 2.75) is 57.4 Å². The van der Waals surface area contributed by atoms with E-state index in [0.29, 0.717) is 12.0 Å². The summed E-state index contributed by atoms with van der Waals surface area (Å²) in [6.07, 6.45) is 1.13. The Morgan fingerprint density at radius 3 is 2.65 bits per heavy atom. The molecular weight excluding hydrogens is 266 g/mol. The first-order valence-corrected chi connectivity index (χ1v) is 8.92. The van der Waals surface area contributed by atoms with Crippen molar-refractivity contribution in [2.75, 3.05) is 12.3 Å². The van der Waals surface area contributed by atoms with Gasteiger partial charge in [0, 0.05) is 16.7 Å².